The molecule has 2 bridgehead atoms. The van der Waals surface area contributed by atoms with Crippen molar-refractivity contribution >= 4 is 16.1 Å². The first-order valence-corrected chi connectivity index (χ1v) is 7.37. The third-order valence-corrected chi connectivity index (χ3v) is 6.56. The number of fused-ring (bicyclic) bond motifs is 1. The zero-order valence-corrected chi connectivity index (χ0v) is 10.9. The lowest BCUT2D eigenvalue weighted by Crippen LogP contribution is -2.54. The molecule has 1 heterocycles. The second-order valence-corrected chi connectivity index (χ2v) is 7.14. The summed E-state index contributed by atoms with van der Waals surface area (Å²) in [6, 6.07) is 0. The summed E-state index contributed by atoms with van der Waals surface area (Å²) in [4.78, 5) is 11.2. The minimum absolute atomic E-state index is 0.0263. The summed E-state index contributed by atoms with van der Waals surface area (Å²) in [6.07, 6.45) is -6.81. The minimum atomic E-state index is -4.90. The Hall–Kier alpha value is -1.09. The van der Waals surface area contributed by atoms with Crippen molar-refractivity contribution in [3.63, 3.8) is 0 Å². The highest BCUT2D eigenvalue weighted by Crippen LogP contribution is 2.66. The molecule has 2 saturated carbocycles. The highest BCUT2D eigenvalue weighted by molar-refractivity contribution is 7.88. The number of rotatable bonds is 2. The van der Waals surface area contributed by atoms with Crippen LogP contribution in [0.4, 0.5) is 13.2 Å². The smallest absolute Gasteiger partial charge is 0.410 e. The number of hydrogen-bond acceptors (Lipinski definition) is 5. The number of carbonyl (C=O) groups is 1. The minimum Gasteiger partial charge on any atom is -0.456 e. The van der Waals surface area contributed by atoms with E-state index in [-0.39, 0.29) is 6.42 Å². The molecule has 0 N–H and O–H groups in total. The first-order valence-electron chi connectivity index (χ1n) is 5.96. The Labute approximate surface area is 112 Å². The van der Waals surface area contributed by atoms with Crippen LogP contribution >= 0.6 is 0 Å². The van der Waals surface area contributed by atoms with Gasteiger partial charge in [-0.2, -0.15) is 21.6 Å². The molecule has 9 heteroatoms. The molecule has 5 unspecified atom stereocenters. The van der Waals surface area contributed by atoms with Crippen molar-refractivity contribution in [3.8, 4) is 0 Å². The fourth-order valence-electron chi connectivity index (χ4n) is 3.74. The standard InChI is InChI=1S/C11H11F3O5S/c1-2-7(15)18-8-5-3-6-9(8)19-20(16,17)10(6,4-5)11(12,13)14/h2,5-6,8-9H,1,3-4H2. The maximum atomic E-state index is 13.3. The van der Waals surface area contributed by atoms with Gasteiger partial charge in [0.15, 0.2) is 4.75 Å². The van der Waals surface area contributed by atoms with Crippen molar-refractivity contribution in [2.75, 3.05) is 0 Å². The zero-order chi connectivity index (χ0) is 14.9. The molecule has 0 aromatic heterocycles. The van der Waals surface area contributed by atoms with Gasteiger partial charge in [0.2, 0.25) is 0 Å². The van der Waals surface area contributed by atoms with Gasteiger partial charge in [-0.15, -0.1) is 0 Å². The molecule has 1 aliphatic heterocycles. The molecule has 3 rings (SSSR count). The summed E-state index contributed by atoms with van der Waals surface area (Å²) in [5, 5.41) is 0. The quantitative estimate of drug-likeness (QED) is 0.435. The van der Waals surface area contributed by atoms with E-state index in [4.69, 9.17) is 4.74 Å². The number of hydrogen-bond donors (Lipinski definition) is 0. The number of carbonyl (C=O) groups excluding carboxylic acids is 1. The van der Waals surface area contributed by atoms with Gasteiger partial charge in [-0.25, -0.2) is 4.79 Å². The van der Waals surface area contributed by atoms with Crippen LogP contribution in [0.25, 0.3) is 0 Å². The third-order valence-electron chi connectivity index (χ3n) is 4.49. The van der Waals surface area contributed by atoms with Crippen LogP contribution in [0.3, 0.4) is 0 Å². The van der Waals surface area contributed by atoms with Crippen LogP contribution in [-0.2, 0) is 23.8 Å². The Bertz CT molecular complexity index is 583. The van der Waals surface area contributed by atoms with Gasteiger partial charge in [-0.1, -0.05) is 6.58 Å². The molecule has 0 amide bonds. The van der Waals surface area contributed by atoms with E-state index < -0.39 is 57.5 Å². The lowest BCUT2D eigenvalue weighted by molar-refractivity contribution is -0.180. The van der Waals surface area contributed by atoms with Gasteiger partial charge in [-0.3, -0.25) is 4.18 Å². The Kier molecular flexibility index (Phi) is 2.61. The van der Waals surface area contributed by atoms with E-state index in [2.05, 4.69) is 10.8 Å². The summed E-state index contributed by atoms with van der Waals surface area (Å²) in [7, 11) is -4.77. The predicted molar refractivity (Wildman–Crippen MR) is 58.9 cm³/mol. The summed E-state index contributed by atoms with van der Waals surface area (Å²) < 4.78 is 70.3. The summed E-state index contributed by atoms with van der Waals surface area (Å²) >= 11 is 0. The number of alkyl halides is 3. The van der Waals surface area contributed by atoms with Gasteiger partial charge in [0.25, 0.3) is 10.1 Å². The van der Waals surface area contributed by atoms with Crippen LogP contribution in [0, 0.1) is 11.8 Å². The van der Waals surface area contributed by atoms with E-state index in [1.807, 2.05) is 0 Å². The third kappa shape index (κ3) is 1.42. The van der Waals surface area contributed by atoms with Crippen LogP contribution in [0.1, 0.15) is 12.8 Å². The molecule has 5 atom stereocenters. The van der Waals surface area contributed by atoms with Gasteiger partial charge in [0, 0.05) is 17.9 Å². The number of esters is 1. The van der Waals surface area contributed by atoms with Crippen LogP contribution in [0.15, 0.2) is 12.7 Å². The maximum absolute atomic E-state index is 13.3. The zero-order valence-electron chi connectivity index (χ0n) is 10.1. The summed E-state index contributed by atoms with van der Waals surface area (Å²) in [6.45, 7) is 3.19. The van der Waals surface area contributed by atoms with Crippen molar-refractivity contribution in [2.24, 2.45) is 11.8 Å². The van der Waals surface area contributed by atoms with Crippen molar-refractivity contribution in [1.29, 1.82) is 0 Å². The SMILES string of the molecule is C=CC(=O)OC1C2CC3C1OS(=O)(=O)C3(C(F)(F)F)C2. The van der Waals surface area contributed by atoms with Crippen LogP contribution in [-0.4, -0.2) is 37.5 Å². The Morgan fingerprint density at radius 3 is 2.65 bits per heavy atom. The molecule has 1 saturated heterocycles. The fourth-order valence-corrected chi connectivity index (χ4v) is 5.75. The Morgan fingerprint density at radius 1 is 1.45 bits per heavy atom. The molecule has 3 fully saturated rings. The fraction of sp³-hybridized carbons (Fsp3) is 0.727. The first-order chi connectivity index (χ1) is 9.14. The topological polar surface area (TPSA) is 69.7 Å². The van der Waals surface area contributed by atoms with Crippen LogP contribution < -0.4 is 0 Å². The average Bonchev–Trinajstić information content (AvgIpc) is 2.89. The van der Waals surface area contributed by atoms with Gasteiger partial charge in [0.05, 0.1) is 0 Å². The molecule has 0 radical (unpaired) electrons. The average molecular weight is 312 g/mol. The highest BCUT2D eigenvalue weighted by atomic mass is 32.2. The van der Waals surface area contributed by atoms with Gasteiger partial charge in [-0.05, 0) is 12.8 Å². The van der Waals surface area contributed by atoms with E-state index >= 15 is 0 Å². The lowest BCUT2D eigenvalue weighted by atomic mass is 9.83. The summed E-state index contributed by atoms with van der Waals surface area (Å²) in [5.41, 5.74) is 0. The van der Waals surface area contributed by atoms with Crippen LogP contribution in [0.5, 0.6) is 0 Å². The molecule has 3 aliphatic rings. The Balaban J connectivity index is 2.00. The van der Waals surface area contributed by atoms with E-state index in [1.54, 1.807) is 0 Å². The van der Waals surface area contributed by atoms with E-state index in [0.29, 0.717) is 0 Å². The van der Waals surface area contributed by atoms with Gasteiger partial charge in [0.1, 0.15) is 12.2 Å². The van der Waals surface area contributed by atoms with Gasteiger partial charge >= 0.3 is 12.1 Å². The number of halogens is 3. The van der Waals surface area contributed by atoms with E-state index in [0.717, 1.165) is 6.08 Å². The monoisotopic (exact) mass is 312 g/mol. The van der Waals surface area contributed by atoms with Crippen molar-refractivity contribution < 1.29 is 35.3 Å². The molecule has 0 aromatic rings. The van der Waals surface area contributed by atoms with Crippen molar-refractivity contribution in [1.82, 2.24) is 0 Å². The summed E-state index contributed by atoms with van der Waals surface area (Å²) in [5.74, 6) is -2.67. The first kappa shape index (κ1) is 13.9. The highest BCUT2D eigenvalue weighted by Gasteiger charge is 2.82. The Morgan fingerprint density at radius 2 is 2.10 bits per heavy atom. The molecule has 0 aromatic carbocycles. The predicted octanol–water partition coefficient (Wildman–Crippen LogP) is 1.15. The molecule has 5 nitrogen and oxygen atoms in total. The lowest BCUT2D eigenvalue weighted by Gasteiger charge is -2.33. The van der Waals surface area contributed by atoms with Crippen molar-refractivity contribution in [2.45, 2.75) is 36.0 Å². The molecular weight excluding hydrogens is 301 g/mol. The second-order valence-electron chi connectivity index (χ2n) is 5.31. The normalized spacial score (nSPS) is 44.5. The molecule has 2 aliphatic carbocycles. The van der Waals surface area contributed by atoms with Gasteiger partial charge < -0.3 is 4.74 Å². The molecule has 0 spiro atoms. The maximum Gasteiger partial charge on any atom is 0.410 e. The second kappa shape index (κ2) is 3.76. The van der Waals surface area contributed by atoms with E-state index in [9.17, 15) is 26.4 Å². The number of ether oxygens (including phenoxy) is 1. The van der Waals surface area contributed by atoms with Crippen LogP contribution in [0.2, 0.25) is 0 Å². The molecular formula is C11H11F3O5S. The molecule has 20 heavy (non-hydrogen) atoms. The van der Waals surface area contributed by atoms with Crippen molar-refractivity contribution in [3.05, 3.63) is 12.7 Å². The van der Waals surface area contributed by atoms with E-state index in [1.165, 1.54) is 0 Å². The largest absolute Gasteiger partial charge is 0.456 e. The molecule has 112 valence electrons.